The Morgan fingerprint density at radius 1 is 1.50 bits per heavy atom. The number of rotatable bonds is 5. The summed E-state index contributed by atoms with van der Waals surface area (Å²) in [6.07, 6.45) is 2.40. The van der Waals surface area contributed by atoms with Gasteiger partial charge in [-0.05, 0) is 30.9 Å². The Morgan fingerprint density at radius 2 is 2.30 bits per heavy atom. The Morgan fingerprint density at radius 3 is 2.90 bits per heavy atom. The number of aryl methyl sites for hydroxylation is 1. The highest BCUT2D eigenvalue weighted by molar-refractivity contribution is 7.78. The first-order chi connectivity index (χ1) is 9.65. The van der Waals surface area contributed by atoms with Crippen molar-refractivity contribution in [2.75, 3.05) is 0 Å². The molecule has 0 atom stereocenters. The number of aromatic nitrogens is 2. The van der Waals surface area contributed by atoms with Crippen LogP contribution in [0.5, 0.6) is 5.88 Å². The van der Waals surface area contributed by atoms with Crippen molar-refractivity contribution in [3.8, 4) is 5.88 Å². The molecule has 1 aromatic heterocycles. The second-order valence-electron chi connectivity index (χ2n) is 4.10. The van der Waals surface area contributed by atoms with Crippen LogP contribution in [-0.4, -0.2) is 20.3 Å². The van der Waals surface area contributed by atoms with Crippen LogP contribution >= 0.6 is 12.8 Å². The van der Waals surface area contributed by atoms with Gasteiger partial charge >= 0.3 is 0 Å². The normalized spacial score (nSPS) is 10.3. The molecule has 0 saturated heterocycles. The van der Waals surface area contributed by atoms with Crippen LogP contribution in [0.4, 0.5) is 0 Å². The summed E-state index contributed by atoms with van der Waals surface area (Å²) in [6, 6.07) is 7.01. The van der Waals surface area contributed by atoms with Gasteiger partial charge < -0.3 is 4.74 Å². The Labute approximate surface area is 121 Å². The van der Waals surface area contributed by atoms with Gasteiger partial charge in [0.25, 0.3) is 5.91 Å². The zero-order chi connectivity index (χ0) is 14.5. The number of thiol groups is 1. The largest absolute Gasteiger partial charge is 0.472 e. The molecule has 1 amide bonds. The third kappa shape index (κ3) is 3.12. The van der Waals surface area contributed by atoms with Crippen LogP contribution in [0.2, 0.25) is 0 Å². The molecule has 0 fully saturated rings. The van der Waals surface area contributed by atoms with Crippen LogP contribution in [0.25, 0.3) is 0 Å². The molecule has 20 heavy (non-hydrogen) atoms. The van der Waals surface area contributed by atoms with E-state index in [2.05, 4.69) is 17.9 Å². The third-order valence-corrected chi connectivity index (χ3v) is 3.14. The molecule has 0 bridgehead atoms. The maximum Gasteiger partial charge on any atom is 0.275 e. The summed E-state index contributed by atoms with van der Waals surface area (Å²) in [5, 5.41) is 12.8. The Balaban J connectivity index is 2.26. The highest BCUT2D eigenvalue weighted by Gasteiger charge is 2.14. The maximum atomic E-state index is 11.7. The van der Waals surface area contributed by atoms with Crippen molar-refractivity contribution < 1.29 is 14.7 Å². The average Bonchev–Trinajstić information content (AvgIpc) is 2.89. The second-order valence-corrected chi connectivity index (χ2v) is 4.51. The van der Waals surface area contributed by atoms with Gasteiger partial charge in [-0.3, -0.25) is 10.0 Å². The average molecular weight is 293 g/mol. The third-order valence-electron chi connectivity index (χ3n) is 2.92. The summed E-state index contributed by atoms with van der Waals surface area (Å²) in [5.41, 5.74) is 3.75. The fourth-order valence-corrected chi connectivity index (χ4v) is 2.09. The van der Waals surface area contributed by atoms with Crippen LogP contribution in [0.1, 0.15) is 28.4 Å². The van der Waals surface area contributed by atoms with Crippen LogP contribution in [0.15, 0.2) is 30.5 Å². The predicted octanol–water partition coefficient (Wildman–Crippen LogP) is 1.84. The van der Waals surface area contributed by atoms with E-state index in [0.717, 1.165) is 17.5 Å². The van der Waals surface area contributed by atoms with Crippen LogP contribution < -0.4 is 10.2 Å². The highest BCUT2D eigenvalue weighted by Crippen LogP contribution is 2.18. The van der Waals surface area contributed by atoms with Crippen molar-refractivity contribution >= 4 is 18.7 Å². The van der Waals surface area contributed by atoms with E-state index in [1.807, 2.05) is 13.0 Å². The molecule has 0 aliphatic carbocycles. The molecule has 2 N–H and O–H groups in total. The van der Waals surface area contributed by atoms with E-state index >= 15 is 0 Å². The minimum atomic E-state index is -0.557. The van der Waals surface area contributed by atoms with Gasteiger partial charge in [0, 0.05) is 23.4 Å². The lowest BCUT2D eigenvalue weighted by molar-refractivity contribution is 0.0703. The van der Waals surface area contributed by atoms with E-state index in [4.69, 9.17) is 9.94 Å². The molecule has 7 heteroatoms. The zero-order valence-corrected chi connectivity index (χ0v) is 11.8. The van der Waals surface area contributed by atoms with E-state index in [1.54, 1.807) is 29.9 Å². The molecule has 0 aliphatic heterocycles. The zero-order valence-electron chi connectivity index (χ0n) is 10.9. The van der Waals surface area contributed by atoms with Crippen molar-refractivity contribution in [2.24, 2.45) is 0 Å². The molecule has 2 rings (SSSR count). The summed E-state index contributed by atoms with van der Waals surface area (Å²) < 4.78 is 6.88. The van der Waals surface area contributed by atoms with E-state index < -0.39 is 5.91 Å². The number of nitrogens with zero attached hydrogens (tertiary/aromatic N) is 2. The van der Waals surface area contributed by atoms with Gasteiger partial charge in [0.1, 0.15) is 6.61 Å². The van der Waals surface area contributed by atoms with Crippen molar-refractivity contribution in [1.82, 2.24) is 14.7 Å². The number of carbonyl (C=O) groups is 1. The van der Waals surface area contributed by atoms with Gasteiger partial charge in [0.05, 0.1) is 0 Å². The molecular weight excluding hydrogens is 278 g/mol. The van der Waals surface area contributed by atoms with Crippen molar-refractivity contribution in [3.05, 3.63) is 47.2 Å². The molecule has 1 heterocycles. The SMILES string of the molecule is CCc1cccc(C(=O)NO)c1COc1ccn(S)n1. The minimum Gasteiger partial charge on any atom is -0.472 e. The lowest BCUT2D eigenvalue weighted by Gasteiger charge is -2.12. The molecule has 0 unspecified atom stereocenters. The summed E-state index contributed by atoms with van der Waals surface area (Å²) in [5.74, 6) is -0.139. The van der Waals surface area contributed by atoms with Gasteiger partial charge in [0.15, 0.2) is 0 Å². The molecule has 0 saturated carbocycles. The van der Waals surface area contributed by atoms with E-state index in [0.29, 0.717) is 11.4 Å². The molecule has 0 aliphatic rings. The first-order valence-corrected chi connectivity index (χ1v) is 6.48. The molecular formula is C13H15N3O3S. The summed E-state index contributed by atoms with van der Waals surface area (Å²) in [4.78, 5) is 11.7. The first kappa shape index (κ1) is 14.4. The number of benzene rings is 1. The monoisotopic (exact) mass is 293 g/mol. The highest BCUT2D eigenvalue weighted by atomic mass is 32.1. The first-order valence-electron chi connectivity index (χ1n) is 6.08. The van der Waals surface area contributed by atoms with Gasteiger partial charge in [-0.1, -0.05) is 19.1 Å². The Hall–Kier alpha value is -1.99. The number of nitrogens with one attached hydrogen (secondary N) is 1. The van der Waals surface area contributed by atoms with Crippen LogP contribution in [0, 0.1) is 0 Å². The maximum absolute atomic E-state index is 11.7. The summed E-state index contributed by atoms with van der Waals surface area (Å²) in [7, 11) is 0. The Bertz CT molecular complexity index is 613. The quantitative estimate of drug-likeness (QED) is 0.446. The minimum absolute atomic E-state index is 0.192. The number of hydroxylamine groups is 1. The predicted molar refractivity (Wildman–Crippen MR) is 76.0 cm³/mol. The molecule has 0 radical (unpaired) electrons. The summed E-state index contributed by atoms with van der Waals surface area (Å²) >= 11 is 4.02. The van der Waals surface area contributed by atoms with Gasteiger partial charge in [-0.25, -0.2) is 9.57 Å². The van der Waals surface area contributed by atoms with Gasteiger partial charge in [-0.15, -0.1) is 5.10 Å². The molecule has 0 spiro atoms. The van der Waals surface area contributed by atoms with E-state index in [-0.39, 0.29) is 6.61 Å². The number of ether oxygens (including phenoxy) is 1. The number of carbonyl (C=O) groups excluding carboxylic acids is 1. The second kappa shape index (κ2) is 6.44. The van der Waals surface area contributed by atoms with Crippen molar-refractivity contribution in [2.45, 2.75) is 20.0 Å². The van der Waals surface area contributed by atoms with Crippen molar-refractivity contribution in [3.63, 3.8) is 0 Å². The number of amides is 1. The summed E-state index contributed by atoms with van der Waals surface area (Å²) in [6.45, 7) is 2.18. The van der Waals surface area contributed by atoms with E-state index in [9.17, 15) is 4.79 Å². The van der Waals surface area contributed by atoms with Crippen LogP contribution in [0.3, 0.4) is 0 Å². The molecule has 106 valence electrons. The number of hydrogen-bond acceptors (Lipinski definition) is 5. The molecule has 1 aromatic carbocycles. The Kier molecular flexibility index (Phi) is 4.65. The van der Waals surface area contributed by atoms with Gasteiger partial charge in [0.2, 0.25) is 5.88 Å². The fraction of sp³-hybridized carbons (Fsp3) is 0.231. The topological polar surface area (TPSA) is 76.4 Å². The molecule has 2 aromatic rings. The molecule has 6 nitrogen and oxygen atoms in total. The van der Waals surface area contributed by atoms with E-state index in [1.165, 1.54) is 4.09 Å². The smallest absolute Gasteiger partial charge is 0.275 e. The number of hydrogen-bond donors (Lipinski definition) is 3. The van der Waals surface area contributed by atoms with Crippen LogP contribution in [-0.2, 0) is 13.0 Å². The lowest BCUT2D eigenvalue weighted by atomic mass is 9.99. The van der Waals surface area contributed by atoms with Crippen molar-refractivity contribution in [1.29, 1.82) is 0 Å². The fourth-order valence-electron chi connectivity index (χ4n) is 1.93. The lowest BCUT2D eigenvalue weighted by Crippen LogP contribution is -2.21. The standard InChI is InChI=1S/C13H15N3O3S/c1-2-9-4-3-5-10(13(17)15-18)11(9)8-19-12-6-7-16(20)14-12/h3-7,18,20H,2,8H2,1H3,(H,15,17). The van der Waals surface area contributed by atoms with Gasteiger partial charge in [-0.2, -0.15) is 0 Å².